The zero-order valence-corrected chi connectivity index (χ0v) is 12.0. The molecule has 1 amide bonds. The lowest BCUT2D eigenvalue weighted by atomic mass is 9.95. The van der Waals surface area contributed by atoms with Crippen LogP contribution in [0.4, 0.5) is 5.82 Å². The standard InChI is InChI=1S/C13H18BrN3O/c1-8-5-10(14)7-16-12(8)17-13(18)11-4-2-3-9(11)6-15/h5,7,9,11H,2-4,6,15H2,1H3,(H,16,17,18). The SMILES string of the molecule is Cc1cc(Br)cnc1NC(=O)C1CCCC1CN. The molecule has 98 valence electrons. The topological polar surface area (TPSA) is 68.0 Å². The van der Waals surface area contributed by atoms with Gasteiger partial charge >= 0.3 is 0 Å². The number of pyridine rings is 1. The van der Waals surface area contributed by atoms with Gasteiger partial charge in [-0.05, 0) is 59.8 Å². The molecule has 4 nitrogen and oxygen atoms in total. The second kappa shape index (κ2) is 5.80. The highest BCUT2D eigenvalue weighted by Crippen LogP contribution is 2.32. The Kier molecular flexibility index (Phi) is 4.35. The van der Waals surface area contributed by atoms with Crippen LogP contribution >= 0.6 is 15.9 Å². The van der Waals surface area contributed by atoms with Crippen LogP contribution in [0.3, 0.4) is 0 Å². The van der Waals surface area contributed by atoms with E-state index in [9.17, 15) is 4.79 Å². The maximum absolute atomic E-state index is 12.2. The van der Waals surface area contributed by atoms with E-state index in [2.05, 4.69) is 26.2 Å². The number of carbonyl (C=O) groups is 1. The summed E-state index contributed by atoms with van der Waals surface area (Å²) >= 11 is 3.36. The molecule has 0 spiro atoms. The average molecular weight is 312 g/mol. The molecular weight excluding hydrogens is 294 g/mol. The minimum atomic E-state index is 0.0415. The number of aryl methyl sites for hydroxylation is 1. The molecule has 1 saturated carbocycles. The van der Waals surface area contributed by atoms with Crippen molar-refractivity contribution < 1.29 is 4.79 Å². The minimum absolute atomic E-state index is 0.0415. The molecule has 0 bridgehead atoms. The van der Waals surface area contributed by atoms with Crippen LogP contribution in [-0.2, 0) is 4.79 Å². The Balaban J connectivity index is 2.07. The molecule has 0 aromatic carbocycles. The van der Waals surface area contributed by atoms with Crippen molar-refractivity contribution in [2.24, 2.45) is 17.6 Å². The van der Waals surface area contributed by atoms with Crippen LogP contribution in [0.15, 0.2) is 16.7 Å². The van der Waals surface area contributed by atoms with Crippen molar-refractivity contribution >= 4 is 27.7 Å². The molecule has 0 saturated heterocycles. The molecule has 0 radical (unpaired) electrons. The van der Waals surface area contributed by atoms with Gasteiger partial charge in [-0.2, -0.15) is 0 Å². The smallest absolute Gasteiger partial charge is 0.228 e. The summed E-state index contributed by atoms with van der Waals surface area (Å²) in [6.07, 6.45) is 4.77. The van der Waals surface area contributed by atoms with Crippen molar-refractivity contribution in [1.29, 1.82) is 0 Å². The van der Waals surface area contributed by atoms with Crippen molar-refractivity contribution in [2.75, 3.05) is 11.9 Å². The molecular formula is C13H18BrN3O. The minimum Gasteiger partial charge on any atom is -0.330 e. The van der Waals surface area contributed by atoms with Crippen LogP contribution in [0, 0.1) is 18.8 Å². The van der Waals surface area contributed by atoms with Crippen molar-refractivity contribution in [3.8, 4) is 0 Å². The lowest BCUT2D eigenvalue weighted by Gasteiger charge is -2.17. The van der Waals surface area contributed by atoms with Gasteiger partial charge in [-0.3, -0.25) is 4.79 Å². The number of nitrogens with one attached hydrogen (secondary N) is 1. The predicted molar refractivity (Wildman–Crippen MR) is 75.2 cm³/mol. The summed E-state index contributed by atoms with van der Waals surface area (Å²) in [6.45, 7) is 2.52. The molecule has 3 N–H and O–H groups in total. The van der Waals surface area contributed by atoms with Gasteiger partial charge in [0, 0.05) is 16.6 Å². The summed E-state index contributed by atoms with van der Waals surface area (Å²) in [5.74, 6) is 1.06. The molecule has 1 fully saturated rings. The lowest BCUT2D eigenvalue weighted by Crippen LogP contribution is -2.30. The number of nitrogens with two attached hydrogens (primary N) is 1. The van der Waals surface area contributed by atoms with E-state index in [1.165, 1.54) is 0 Å². The zero-order chi connectivity index (χ0) is 13.1. The average Bonchev–Trinajstić information content (AvgIpc) is 2.81. The Labute approximate surface area is 115 Å². The number of rotatable bonds is 3. The van der Waals surface area contributed by atoms with E-state index in [0.29, 0.717) is 18.3 Å². The molecule has 5 heteroatoms. The summed E-state index contributed by atoms with van der Waals surface area (Å²) in [4.78, 5) is 16.4. The Bertz CT molecular complexity index is 450. The van der Waals surface area contributed by atoms with Crippen molar-refractivity contribution in [2.45, 2.75) is 26.2 Å². The van der Waals surface area contributed by atoms with E-state index in [1.54, 1.807) is 6.20 Å². The largest absolute Gasteiger partial charge is 0.330 e. The number of amides is 1. The molecule has 1 aromatic heterocycles. The number of carbonyl (C=O) groups excluding carboxylic acids is 1. The van der Waals surface area contributed by atoms with Crippen LogP contribution in [-0.4, -0.2) is 17.4 Å². The molecule has 2 unspecified atom stereocenters. The maximum atomic E-state index is 12.2. The Morgan fingerprint density at radius 1 is 1.61 bits per heavy atom. The van der Waals surface area contributed by atoms with Gasteiger partial charge in [-0.25, -0.2) is 4.98 Å². The lowest BCUT2D eigenvalue weighted by molar-refractivity contribution is -0.120. The summed E-state index contributed by atoms with van der Waals surface area (Å²) in [5, 5.41) is 2.92. The van der Waals surface area contributed by atoms with Crippen molar-refractivity contribution in [3.05, 3.63) is 22.3 Å². The Morgan fingerprint density at radius 3 is 3.06 bits per heavy atom. The normalized spacial score (nSPS) is 23.1. The molecule has 2 rings (SSSR count). The van der Waals surface area contributed by atoms with Crippen molar-refractivity contribution in [3.63, 3.8) is 0 Å². The van der Waals surface area contributed by atoms with Gasteiger partial charge in [0.05, 0.1) is 0 Å². The third kappa shape index (κ3) is 2.90. The van der Waals surface area contributed by atoms with Gasteiger partial charge < -0.3 is 11.1 Å². The summed E-state index contributed by atoms with van der Waals surface area (Å²) in [7, 11) is 0. The van der Waals surface area contributed by atoms with Gasteiger partial charge in [0.15, 0.2) is 0 Å². The van der Waals surface area contributed by atoms with Gasteiger partial charge in [-0.15, -0.1) is 0 Å². The van der Waals surface area contributed by atoms with E-state index in [-0.39, 0.29) is 11.8 Å². The van der Waals surface area contributed by atoms with Crippen LogP contribution in [0.1, 0.15) is 24.8 Å². The molecule has 1 heterocycles. The first-order valence-electron chi connectivity index (χ1n) is 6.25. The fourth-order valence-electron chi connectivity index (χ4n) is 2.54. The first-order chi connectivity index (χ1) is 8.61. The van der Waals surface area contributed by atoms with Gasteiger partial charge in [0.2, 0.25) is 5.91 Å². The van der Waals surface area contributed by atoms with Crippen LogP contribution in [0.25, 0.3) is 0 Å². The van der Waals surface area contributed by atoms with E-state index >= 15 is 0 Å². The summed E-state index contributed by atoms with van der Waals surface area (Å²) < 4.78 is 0.915. The van der Waals surface area contributed by atoms with E-state index in [0.717, 1.165) is 29.3 Å². The molecule has 2 atom stereocenters. The summed E-state index contributed by atoms with van der Waals surface area (Å²) in [5.41, 5.74) is 6.66. The van der Waals surface area contributed by atoms with Crippen LogP contribution < -0.4 is 11.1 Å². The van der Waals surface area contributed by atoms with E-state index in [4.69, 9.17) is 5.73 Å². The molecule has 1 aromatic rings. The van der Waals surface area contributed by atoms with Gasteiger partial charge in [0.25, 0.3) is 0 Å². The molecule has 18 heavy (non-hydrogen) atoms. The highest BCUT2D eigenvalue weighted by atomic mass is 79.9. The number of hydrogen-bond donors (Lipinski definition) is 2. The Hall–Kier alpha value is -0.940. The summed E-state index contributed by atoms with van der Waals surface area (Å²) in [6, 6.07) is 1.94. The second-order valence-corrected chi connectivity index (χ2v) is 5.76. The number of anilines is 1. The number of aromatic nitrogens is 1. The van der Waals surface area contributed by atoms with Crippen LogP contribution in [0.2, 0.25) is 0 Å². The molecule has 1 aliphatic rings. The first-order valence-corrected chi connectivity index (χ1v) is 7.04. The quantitative estimate of drug-likeness (QED) is 0.901. The second-order valence-electron chi connectivity index (χ2n) is 4.84. The number of nitrogens with zero attached hydrogens (tertiary/aromatic N) is 1. The van der Waals surface area contributed by atoms with Crippen LogP contribution in [0.5, 0.6) is 0 Å². The van der Waals surface area contributed by atoms with Gasteiger partial charge in [-0.1, -0.05) is 6.42 Å². The Morgan fingerprint density at radius 2 is 2.39 bits per heavy atom. The molecule has 1 aliphatic carbocycles. The highest BCUT2D eigenvalue weighted by molar-refractivity contribution is 9.10. The predicted octanol–water partition coefficient (Wildman–Crippen LogP) is 2.47. The fourth-order valence-corrected chi connectivity index (χ4v) is 2.99. The monoisotopic (exact) mass is 311 g/mol. The maximum Gasteiger partial charge on any atom is 0.228 e. The number of hydrogen-bond acceptors (Lipinski definition) is 3. The third-order valence-electron chi connectivity index (χ3n) is 3.59. The first kappa shape index (κ1) is 13.5. The fraction of sp³-hybridized carbons (Fsp3) is 0.538. The zero-order valence-electron chi connectivity index (χ0n) is 10.4. The highest BCUT2D eigenvalue weighted by Gasteiger charge is 2.32. The van der Waals surface area contributed by atoms with Gasteiger partial charge in [0.1, 0.15) is 5.82 Å². The van der Waals surface area contributed by atoms with E-state index < -0.39 is 0 Å². The third-order valence-corrected chi connectivity index (χ3v) is 4.02. The number of halogens is 1. The van der Waals surface area contributed by atoms with Crippen molar-refractivity contribution in [1.82, 2.24) is 4.98 Å². The molecule has 0 aliphatic heterocycles. The van der Waals surface area contributed by atoms with E-state index in [1.807, 2.05) is 13.0 Å².